The summed E-state index contributed by atoms with van der Waals surface area (Å²) in [7, 11) is 1.51. The van der Waals surface area contributed by atoms with Crippen LogP contribution in [0.25, 0.3) is 11.0 Å². The largest absolute Gasteiger partial charge is 0.481 e. The predicted molar refractivity (Wildman–Crippen MR) is 127 cm³/mol. The second-order valence-corrected chi connectivity index (χ2v) is 8.33. The second kappa shape index (κ2) is 9.28. The number of nitrogens with one attached hydrogen (secondary N) is 3. The quantitative estimate of drug-likeness (QED) is 0.389. The zero-order valence-electron chi connectivity index (χ0n) is 18.9. The van der Waals surface area contributed by atoms with Gasteiger partial charge in [-0.2, -0.15) is 0 Å². The van der Waals surface area contributed by atoms with E-state index in [-0.39, 0.29) is 25.0 Å². The number of aromatic nitrogens is 3. The average molecular weight is 476 g/mol. The Kier molecular flexibility index (Phi) is 6.01. The molecule has 0 spiro atoms. The van der Waals surface area contributed by atoms with Crippen LogP contribution in [-0.4, -0.2) is 57.2 Å². The van der Waals surface area contributed by atoms with E-state index < -0.39 is 11.5 Å². The number of anilines is 2. The molecule has 0 saturated carbocycles. The minimum atomic E-state index is -1.65. The van der Waals surface area contributed by atoms with Gasteiger partial charge in [-0.25, -0.2) is 9.97 Å². The molecule has 4 heterocycles. The Bertz CT molecular complexity index is 1330. The monoisotopic (exact) mass is 476 g/mol. The molecular weight excluding hydrogens is 452 g/mol. The first-order valence-corrected chi connectivity index (χ1v) is 11.1. The van der Waals surface area contributed by atoms with Crippen LogP contribution in [0.2, 0.25) is 0 Å². The molecule has 0 fully saturated rings. The van der Waals surface area contributed by atoms with Gasteiger partial charge in [-0.15, -0.1) is 0 Å². The highest BCUT2D eigenvalue weighted by Gasteiger charge is 2.36. The third-order valence-electron chi connectivity index (χ3n) is 5.93. The second-order valence-electron chi connectivity index (χ2n) is 8.33. The molecule has 11 heteroatoms. The van der Waals surface area contributed by atoms with E-state index in [1.165, 1.54) is 13.2 Å². The summed E-state index contributed by atoms with van der Waals surface area (Å²) in [6.07, 6.45) is 5.62. The van der Waals surface area contributed by atoms with E-state index in [1.54, 1.807) is 36.5 Å². The highest BCUT2D eigenvalue weighted by Crippen LogP contribution is 2.28. The van der Waals surface area contributed by atoms with Gasteiger partial charge < -0.3 is 30.5 Å². The number of fused-ring (bicyclic) bond motifs is 2. The van der Waals surface area contributed by atoms with Crippen molar-refractivity contribution in [3.05, 3.63) is 54.4 Å². The van der Waals surface area contributed by atoms with E-state index in [0.29, 0.717) is 47.1 Å². The summed E-state index contributed by atoms with van der Waals surface area (Å²) in [6.45, 7) is 0.428. The van der Waals surface area contributed by atoms with Crippen molar-refractivity contribution in [1.82, 2.24) is 20.3 Å². The zero-order chi connectivity index (χ0) is 24.4. The predicted octanol–water partition coefficient (Wildman–Crippen LogP) is 1.54. The maximum Gasteiger partial charge on any atom is 0.263 e. The zero-order valence-corrected chi connectivity index (χ0v) is 18.9. The summed E-state index contributed by atoms with van der Waals surface area (Å²) in [5.41, 5.74) is 0.589. The minimum Gasteiger partial charge on any atom is -0.481 e. The fourth-order valence-corrected chi connectivity index (χ4v) is 3.98. The number of carbonyl (C=O) groups excluding carboxylic acids is 2. The maximum atomic E-state index is 13.0. The third-order valence-corrected chi connectivity index (χ3v) is 5.93. The molecule has 2 amide bonds. The van der Waals surface area contributed by atoms with E-state index in [0.717, 1.165) is 5.69 Å². The number of nitrogens with zero attached hydrogens (tertiary/aromatic N) is 3. The summed E-state index contributed by atoms with van der Waals surface area (Å²) in [4.78, 5) is 37.5. The van der Waals surface area contributed by atoms with Crippen molar-refractivity contribution in [3.63, 3.8) is 0 Å². The summed E-state index contributed by atoms with van der Waals surface area (Å²) in [5.74, 6) is 0.558. The first-order valence-electron chi connectivity index (χ1n) is 11.1. The Balaban J connectivity index is 1.23. The van der Waals surface area contributed by atoms with Crippen molar-refractivity contribution in [1.29, 1.82) is 0 Å². The van der Waals surface area contributed by atoms with Crippen molar-refractivity contribution in [2.45, 2.75) is 31.0 Å². The first kappa shape index (κ1) is 22.7. The Morgan fingerprint density at radius 1 is 1.29 bits per heavy atom. The van der Waals surface area contributed by atoms with Crippen molar-refractivity contribution >= 4 is 34.4 Å². The molecule has 3 aromatic rings. The van der Waals surface area contributed by atoms with Gasteiger partial charge in [-0.3, -0.25) is 14.6 Å². The molecule has 35 heavy (non-hydrogen) atoms. The fraction of sp³-hybridized carbons (Fsp3) is 0.292. The smallest absolute Gasteiger partial charge is 0.263 e. The number of pyridine rings is 3. The molecule has 1 aliphatic carbocycles. The molecule has 2 atom stereocenters. The lowest BCUT2D eigenvalue weighted by Crippen LogP contribution is -2.45. The van der Waals surface area contributed by atoms with Crippen molar-refractivity contribution in [3.8, 4) is 11.6 Å². The molecular formula is C24H24N6O5. The SMILES string of the molecule is COc1ccc2nccc(NC(=O)[C@]3(O)C=C[C@@H](NCc4ccc5c(n4)NC(=O)CO5)CC3)c2n1. The molecule has 3 aromatic heterocycles. The van der Waals surface area contributed by atoms with Crippen LogP contribution >= 0.6 is 0 Å². The average Bonchev–Trinajstić information content (AvgIpc) is 2.88. The summed E-state index contributed by atoms with van der Waals surface area (Å²) >= 11 is 0. The number of ether oxygens (including phenoxy) is 2. The minimum absolute atomic E-state index is 0.0161. The van der Waals surface area contributed by atoms with Crippen molar-refractivity contribution in [2.75, 3.05) is 24.4 Å². The molecule has 0 bridgehead atoms. The lowest BCUT2D eigenvalue weighted by atomic mass is 9.87. The molecule has 1 aliphatic heterocycles. The molecule has 0 aromatic carbocycles. The van der Waals surface area contributed by atoms with E-state index in [4.69, 9.17) is 9.47 Å². The number of rotatable bonds is 6. The van der Waals surface area contributed by atoms with Gasteiger partial charge in [0.1, 0.15) is 5.52 Å². The molecule has 4 N–H and O–H groups in total. The fourth-order valence-electron chi connectivity index (χ4n) is 3.98. The van der Waals surface area contributed by atoms with Gasteiger partial charge in [-0.05, 0) is 43.2 Å². The van der Waals surface area contributed by atoms with Gasteiger partial charge >= 0.3 is 0 Å². The van der Waals surface area contributed by atoms with Crippen LogP contribution in [0.4, 0.5) is 11.5 Å². The highest BCUT2D eigenvalue weighted by molar-refractivity contribution is 6.03. The van der Waals surface area contributed by atoms with E-state index in [1.807, 2.05) is 6.07 Å². The van der Waals surface area contributed by atoms with E-state index >= 15 is 0 Å². The van der Waals surface area contributed by atoms with E-state index in [9.17, 15) is 14.7 Å². The Morgan fingerprint density at radius 3 is 2.97 bits per heavy atom. The van der Waals surface area contributed by atoms with E-state index in [2.05, 4.69) is 30.9 Å². The van der Waals surface area contributed by atoms with Crippen LogP contribution in [-0.2, 0) is 16.1 Å². The van der Waals surface area contributed by atoms with Gasteiger partial charge in [0, 0.05) is 24.8 Å². The Morgan fingerprint density at radius 2 is 2.17 bits per heavy atom. The number of aliphatic hydroxyl groups is 1. The third kappa shape index (κ3) is 4.77. The normalized spacial score (nSPS) is 21.1. The first-order chi connectivity index (χ1) is 16.9. The van der Waals surface area contributed by atoms with Crippen LogP contribution in [0.5, 0.6) is 11.6 Å². The van der Waals surface area contributed by atoms with Gasteiger partial charge in [-0.1, -0.05) is 6.08 Å². The van der Waals surface area contributed by atoms with Gasteiger partial charge in [0.05, 0.1) is 24.0 Å². The lowest BCUT2D eigenvalue weighted by molar-refractivity contribution is -0.130. The Hall–Kier alpha value is -4.09. The summed E-state index contributed by atoms with van der Waals surface area (Å²) in [6, 6.07) is 8.61. The molecule has 2 aliphatic rings. The van der Waals surface area contributed by atoms with Crippen LogP contribution in [0.1, 0.15) is 18.5 Å². The summed E-state index contributed by atoms with van der Waals surface area (Å²) < 4.78 is 10.5. The Labute approximate surface area is 200 Å². The molecule has 0 unspecified atom stereocenters. The molecule has 11 nitrogen and oxygen atoms in total. The van der Waals surface area contributed by atoms with Crippen LogP contribution in [0.15, 0.2) is 48.7 Å². The molecule has 0 saturated heterocycles. The number of methoxy groups -OCH3 is 1. The number of carbonyl (C=O) groups is 2. The van der Waals surface area contributed by atoms with Crippen LogP contribution in [0.3, 0.4) is 0 Å². The van der Waals surface area contributed by atoms with Crippen LogP contribution in [0, 0.1) is 0 Å². The van der Waals surface area contributed by atoms with Gasteiger partial charge in [0.25, 0.3) is 11.8 Å². The van der Waals surface area contributed by atoms with Crippen molar-refractivity contribution < 1.29 is 24.2 Å². The van der Waals surface area contributed by atoms with Crippen LogP contribution < -0.4 is 25.4 Å². The topological polar surface area (TPSA) is 148 Å². The number of hydrogen-bond acceptors (Lipinski definition) is 9. The van der Waals surface area contributed by atoms with Gasteiger partial charge in [0.2, 0.25) is 5.88 Å². The maximum absolute atomic E-state index is 13.0. The number of amides is 2. The van der Waals surface area contributed by atoms with Crippen molar-refractivity contribution in [2.24, 2.45) is 0 Å². The number of hydrogen-bond donors (Lipinski definition) is 4. The molecule has 180 valence electrons. The highest BCUT2D eigenvalue weighted by atomic mass is 16.5. The summed E-state index contributed by atoms with van der Waals surface area (Å²) in [5, 5.41) is 19.8. The molecule has 5 rings (SSSR count). The lowest BCUT2D eigenvalue weighted by Gasteiger charge is -2.30. The van der Waals surface area contributed by atoms with Gasteiger partial charge in [0.15, 0.2) is 23.8 Å². The molecule has 0 radical (unpaired) electrons. The standard InChI is InChI=1S/C24H24N6O5/c1-34-20-5-3-16-21(30-20)17(8-11-25-16)28-23(32)24(33)9-6-14(7-10-24)26-12-15-2-4-18-22(27-15)29-19(31)13-35-18/h2-6,8-9,11,14,26,33H,7,10,12-13H2,1H3,(H,25,28,32)(H,27,29,31)/t14-,24+/m1/s1.